The molecule has 20 heavy (non-hydrogen) atoms. The number of nitrogens with one attached hydrogen (secondary N) is 2. The van der Waals surface area contributed by atoms with E-state index in [4.69, 9.17) is 5.84 Å². The van der Waals surface area contributed by atoms with Gasteiger partial charge in [-0.05, 0) is 12.1 Å². The molecule has 2 heterocycles. The van der Waals surface area contributed by atoms with E-state index in [2.05, 4.69) is 20.4 Å². The molecule has 102 valence electrons. The molecule has 0 fully saturated rings. The molecule has 7 nitrogen and oxygen atoms in total. The summed E-state index contributed by atoms with van der Waals surface area (Å²) in [5.74, 6) is 5.82. The number of aromatic amines is 1. The number of rotatable bonds is 4. The molecule has 0 saturated carbocycles. The van der Waals surface area contributed by atoms with Gasteiger partial charge in [-0.2, -0.15) is 0 Å². The van der Waals surface area contributed by atoms with Crippen molar-refractivity contribution in [1.29, 1.82) is 0 Å². The Morgan fingerprint density at radius 1 is 1.35 bits per heavy atom. The van der Waals surface area contributed by atoms with Gasteiger partial charge in [0.1, 0.15) is 0 Å². The van der Waals surface area contributed by atoms with Crippen LogP contribution in [0.5, 0.6) is 0 Å². The highest BCUT2D eigenvalue weighted by Crippen LogP contribution is 2.10. The van der Waals surface area contributed by atoms with E-state index in [1.165, 1.54) is 4.57 Å². The van der Waals surface area contributed by atoms with Crippen LogP contribution in [0.2, 0.25) is 0 Å². The van der Waals surface area contributed by atoms with Crippen LogP contribution in [0.4, 0.5) is 5.95 Å². The molecule has 0 aliphatic heterocycles. The summed E-state index contributed by atoms with van der Waals surface area (Å²) in [6, 6.07) is 7.21. The van der Waals surface area contributed by atoms with Crippen molar-refractivity contribution < 1.29 is 0 Å². The predicted molar refractivity (Wildman–Crippen MR) is 76.1 cm³/mol. The van der Waals surface area contributed by atoms with Crippen molar-refractivity contribution in [2.24, 2.45) is 5.84 Å². The summed E-state index contributed by atoms with van der Waals surface area (Å²) in [6.45, 7) is 0.471. The molecule has 0 spiro atoms. The third kappa shape index (κ3) is 2.14. The number of nitrogens with two attached hydrogens (primary N) is 1. The number of imidazole rings is 1. The molecule has 0 saturated heterocycles. The fourth-order valence-corrected chi connectivity index (χ4v) is 2.14. The molecule has 0 aliphatic carbocycles. The van der Waals surface area contributed by atoms with Crippen LogP contribution in [0.3, 0.4) is 0 Å². The van der Waals surface area contributed by atoms with E-state index in [-0.39, 0.29) is 5.56 Å². The van der Waals surface area contributed by atoms with Gasteiger partial charge in [0.05, 0.1) is 17.2 Å². The van der Waals surface area contributed by atoms with Gasteiger partial charge < -0.3 is 4.98 Å². The van der Waals surface area contributed by atoms with Crippen molar-refractivity contribution in [2.75, 3.05) is 5.43 Å². The number of benzene rings is 1. The summed E-state index contributed by atoms with van der Waals surface area (Å²) >= 11 is 0. The molecule has 3 rings (SSSR count). The molecule has 0 aliphatic rings. The summed E-state index contributed by atoms with van der Waals surface area (Å²) in [7, 11) is 0. The number of aromatic nitrogens is 4. The molecule has 7 heteroatoms. The number of hydrazine groups is 1. The fraction of sp³-hybridized carbons (Fsp3) is 0.154. The fourth-order valence-electron chi connectivity index (χ4n) is 2.14. The summed E-state index contributed by atoms with van der Waals surface area (Å²) < 4.78 is 1.53. The SMILES string of the molecule is NNc1nc2ccccc2c(=O)n1CCc1cnc[nH]1. The topological polar surface area (TPSA) is 102 Å². The van der Waals surface area contributed by atoms with Crippen molar-refractivity contribution in [3.63, 3.8) is 0 Å². The Labute approximate surface area is 114 Å². The van der Waals surface area contributed by atoms with Gasteiger partial charge in [-0.25, -0.2) is 15.8 Å². The van der Waals surface area contributed by atoms with Gasteiger partial charge in [0.2, 0.25) is 5.95 Å². The summed E-state index contributed by atoms with van der Waals surface area (Å²) in [6.07, 6.45) is 3.99. The zero-order valence-electron chi connectivity index (χ0n) is 10.7. The number of hydrogen-bond acceptors (Lipinski definition) is 5. The van der Waals surface area contributed by atoms with Crippen molar-refractivity contribution in [1.82, 2.24) is 19.5 Å². The van der Waals surface area contributed by atoms with Gasteiger partial charge in [0.15, 0.2) is 0 Å². The van der Waals surface area contributed by atoms with Crippen LogP contribution in [-0.4, -0.2) is 19.5 Å². The standard InChI is InChI=1S/C13H14N6O/c14-18-13-17-11-4-2-1-3-10(11)12(20)19(13)6-5-9-7-15-8-16-9/h1-4,7-8H,5-6,14H2,(H,15,16)(H,17,18). The van der Waals surface area contributed by atoms with E-state index in [9.17, 15) is 4.79 Å². The van der Waals surface area contributed by atoms with Gasteiger partial charge in [0, 0.05) is 24.9 Å². The lowest BCUT2D eigenvalue weighted by atomic mass is 10.2. The van der Waals surface area contributed by atoms with Crippen LogP contribution in [0.1, 0.15) is 5.69 Å². The zero-order valence-corrected chi connectivity index (χ0v) is 10.7. The van der Waals surface area contributed by atoms with Gasteiger partial charge in [-0.3, -0.25) is 14.8 Å². The first-order valence-corrected chi connectivity index (χ1v) is 6.23. The third-order valence-corrected chi connectivity index (χ3v) is 3.15. The molecule has 3 aromatic rings. The number of nitrogen functional groups attached to an aromatic ring is 1. The van der Waals surface area contributed by atoms with Crippen LogP contribution in [0.25, 0.3) is 10.9 Å². The van der Waals surface area contributed by atoms with E-state index < -0.39 is 0 Å². The average molecular weight is 270 g/mol. The first-order valence-electron chi connectivity index (χ1n) is 6.23. The lowest BCUT2D eigenvalue weighted by Gasteiger charge is -2.12. The van der Waals surface area contributed by atoms with Crippen LogP contribution in [-0.2, 0) is 13.0 Å². The second-order valence-electron chi connectivity index (χ2n) is 4.38. The van der Waals surface area contributed by atoms with Gasteiger partial charge in [0.25, 0.3) is 5.56 Å². The van der Waals surface area contributed by atoms with Crippen LogP contribution in [0, 0.1) is 0 Å². The monoisotopic (exact) mass is 270 g/mol. The minimum Gasteiger partial charge on any atom is -0.348 e. The lowest BCUT2D eigenvalue weighted by Crippen LogP contribution is -2.28. The number of para-hydroxylation sites is 1. The Balaban J connectivity index is 2.04. The highest BCUT2D eigenvalue weighted by atomic mass is 16.1. The molecule has 0 amide bonds. The molecule has 2 aromatic heterocycles. The van der Waals surface area contributed by atoms with Crippen LogP contribution in [0.15, 0.2) is 41.6 Å². The lowest BCUT2D eigenvalue weighted by molar-refractivity contribution is 0.662. The minimum absolute atomic E-state index is 0.108. The molecule has 4 N–H and O–H groups in total. The number of H-pyrrole nitrogens is 1. The number of anilines is 1. The van der Waals surface area contributed by atoms with Gasteiger partial charge >= 0.3 is 0 Å². The largest absolute Gasteiger partial charge is 0.348 e. The molecular weight excluding hydrogens is 256 g/mol. The van der Waals surface area contributed by atoms with E-state index in [0.717, 1.165) is 5.69 Å². The number of aryl methyl sites for hydroxylation is 1. The molecule has 1 aromatic carbocycles. The molecule has 0 radical (unpaired) electrons. The third-order valence-electron chi connectivity index (χ3n) is 3.15. The minimum atomic E-state index is -0.108. The Morgan fingerprint density at radius 3 is 2.95 bits per heavy atom. The number of fused-ring (bicyclic) bond motifs is 1. The maximum Gasteiger partial charge on any atom is 0.262 e. The quantitative estimate of drug-likeness (QED) is 0.477. The van der Waals surface area contributed by atoms with Crippen molar-refractivity contribution in [3.8, 4) is 0 Å². The first kappa shape index (κ1) is 12.4. The summed E-state index contributed by atoms with van der Waals surface area (Å²) in [5, 5.41) is 0.580. The van der Waals surface area contributed by atoms with E-state index in [0.29, 0.717) is 29.8 Å². The predicted octanol–water partition coefficient (Wildman–Crippen LogP) is 0.648. The molecular formula is C13H14N6O. The molecule has 0 atom stereocenters. The van der Waals surface area contributed by atoms with E-state index in [1.807, 2.05) is 12.1 Å². The maximum absolute atomic E-state index is 12.5. The Hall–Kier alpha value is -2.67. The van der Waals surface area contributed by atoms with Crippen LogP contribution < -0.4 is 16.8 Å². The van der Waals surface area contributed by atoms with E-state index in [1.54, 1.807) is 24.7 Å². The first-order chi connectivity index (χ1) is 9.79. The normalized spacial score (nSPS) is 10.8. The molecule has 0 bridgehead atoms. The van der Waals surface area contributed by atoms with Crippen LogP contribution >= 0.6 is 0 Å². The van der Waals surface area contributed by atoms with Gasteiger partial charge in [-0.1, -0.05) is 12.1 Å². The highest BCUT2D eigenvalue weighted by Gasteiger charge is 2.10. The Kier molecular flexibility index (Phi) is 3.18. The smallest absolute Gasteiger partial charge is 0.262 e. The van der Waals surface area contributed by atoms with Crippen molar-refractivity contribution in [2.45, 2.75) is 13.0 Å². The van der Waals surface area contributed by atoms with Crippen molar-refractivity contribution >= 4 is 16.9 Å². The van der Waals surface area contributed by atoms with Gasteiger partial charge in [-0.15, -0.1) is 0 Å². The zero-order chi connectivity index (χ0) is 13.9. The number of nitrogens with zero attached hydrogens (tertiary/aromatic N) is 3. The van der Waals surface area contributed by atoms with E-state index >= 15 is 0 Å². The Bertz CT molecular complexity index is 777. The molecule has 0 unspecified atom stereocenters. The number of hydrogen-bond donors (Lipinski definition) is 3. The highest BCUT2D eigenvalue weighted by molar-refractivity contribution is 5.78. The summed E-state index contributed by atoms with van der Waals surface area (Å²) in [4.78, 5) is 23.8. The van der Waals surface area contributed by atoms with Crippen molar-refractivity contribution in [3.05, 3.63) is 52.8 Å². The Morgan fingerprint density at radius 2 is 2.20 bits per heavy atom. The second-order valence-corrected chi connectivity index (χ2v) is 4.38. The summed E-state index contributed by atoms with van der Waals surface area (Å²) in [5.41, 5.74) is 3.96. The average Bonchev–Trinajstić information content (AvgIpc) is 2.99. The second kappa shape index (κ2) is 5.14. The maximum atomic E-state index is 12.5.